The second-order valence-electron chi connectivity index (χ2n) is 6.74. The number of nitrogens with two attached hydrogens (primary N) is 1. The molecule has 0 aromatic carbocycles. The van der Waals surface area contributed by atoms with E-state index in [1.54, 1.807) is 0 Å². The van der Waals surface area contributed by atoms with Gasteiger partial charge >= 0.3 is 5.97 Å². The maximum absolute atomic E-state index is 10.3. The first-order chi connectivity index (χ1) is 11.5. The third-order valence-corrected chi connectivity index (χ3v) is 4.08. The van der Waals surface area contributed by atoms with Crippen LogP contribution in [0.5, 0.6) is 0 Å². The number of carboxylic acids is 1. The lowest BCUT2D eigenvalue weighted by atomic mass is 10.0. The van der Waals surface area contributed by atoms with Crippen molar-refractivity contribution in [2.75, 3.05) is 0 Å². The lowest BCUT2D eigenvalue weighted by Crippen LogP contribution is -2.17. The van der Waals surface area contributed by atoms with Crippen molar-refractivity contribution in [3.63, 3.8) is 0 Å². The second kappa shape index (κ2) is 22.4. The minimum Gasteiger partial charge on any atom is -0.481 e. The summed E-state index contributed by atoms with van der Waals surface area (Å²) in [5.74, 6) is -0.655. The van der Waals surface area contributed by atoms with Gasteiger partial charge in [-0.2, -0.15) is 0 Å². The van der Waals surface area contributed by atoms with Crippen molar-refractivity contribution in [2.24, 2.45) is 5.73 Å². The zero-order valence-electron chi connectivity index (χ0n) is 16.3. The highest BCUT2D eigenvalue weighted by molar-refractivity contribution is 5.66. The molecule has 146 valence electrons. The van der Waals surface area contributed by atoms with E-state index in [0.29, 0.717) is 12.8 Å². The van der Waals surface area contributed by atoms with Crippen LogP contribution in [0.1, 0.15) is 117 Å². The summed E-state index contributed by atoms with van der Waals surface area (Å²) in [7, 11) is 0. The van der Waals surface area contributed by atoms with Gasteiger partial charge in [-0.3, -0.25) is 4.79 Å². The highest BCUT2D eigenvalue weighted by Crippen LogP contribution is 2.12. The van der Waals surface area contributed by atoms with Crippen molar-refractivity contribution in [1.82, 2.24) is 0 Å². The molecule has 0 saturated heterocycles. The van der Waals surface area contributed by atoms with Gasteiger partial charge in [-0.05, 0) is 12.8 Å². The second-order valence-corrected chi connectivity index (χ2v) is 6.74. The molecule has 1 unspecified atom stereocenters. The molecule has 0 heterocycles. The standard InChI is InChI=1S/C16H32O2.C4H11NO/c1-2-3-4-5-6-7-8-9-10-11-12-13-14-15-16(17)18;1-2-3-4(5)6/h2-15H2,1H3,(H,17,18);4,6H,2-3,5H2,1H3. The van der Waals surface area contributed by atoms with Gasteiger partial charge in [0.15, 0.2) is 0 Å². The zero-order chi connectivity index (χ0) is 18.5. The molecule has 0 radical (unpaired) electrons. The first-order valence-electron chi connectivity index (χ1n) is 10.2. The topological polar surface area (TPSA) is 83.5 Å². The Bertz CT molecular complexity index is 245. The van der Waals surface area contributed by atoms with E-state index in [9.17, 15) is 4.79 Å². The van der Waals surface area contributed by atoms with Gasteiger partial charge in [0.1, 0.15) is 6.23 Å². The number of carboxylic acid groups (broad SMARTS) is 1. The van der Waals surface area contributed by atoms with Gasteiger partial charge in [-0.25, -0.2) is 0 Å². The first kappa shape index (κ1) is 25.6. The Kier molecular flexibility index (Phi) is 23.9. The summed E-state index contributed by atoms with van der Waals surface area (Å²) in [6.07, 6.45) is 18.3. The van der Waals surface area contributed by atoms with E-state index >= 15 is 0 Å². The van der Waals surface area contributed by atoms with Crippen LogP contribution in [0, 0.1) is 0 Å². The van der Waals surface area contributed by atoms with Crippen LogP contribution in [0.4, 0.5) is 0 Å². The maximum Gasteiger partial charge on any atom is 0.303 e. The third kappa shape index (κ3) is 29.4. The summed E-state index contributed by atoms with van der Waals surface area (Å²) in [6, 6.07) is 0. The molecule has 0 bridgehead atoms. The van der Waals surface area contributed by atoms with Crippen molar-refractivity contribution in [3.8, 4) is 0 Å². The molecular weight excluding hydrogens is 302 g/mol. The van der Waals surface area contributed by atoms with Gasteiger partial charge in [0.2, 0.25) is 0 Å². The minimum absolute atomic E-state index is 0.345. The predicted octanol–water partition coefficient (Wildman–Crippen LogP) is 5.62. The number of aliphatic hydroxyl groups is 1. The molecule has 0 saturated carbocycles. The van der Waals surface area contributed by atoms with Crippen LogP contribution in [0.15, 0.2) is 0 Å². The normalized spacial score (nSPS) is 11.7. The summed E-state index contributed by atoms with van der Waals surface area (Å²) in [6.45, 7) is 4.24. The molecule has 0 fully saturated rings. The largest absolute Gasteiger partial charge is 0.481 e. The van der Waals surface area contributed by atoms with E-state index in [1.165, 1.54) is 70.6 Å². The fourth-order valence-corrected chi connectivity index (χ4v) is 2.59. The molecule has 0 aliphatic heterocycles. The Morgan fingerprint density at radius 3 is 1.38 bits per heavy atom. The highest BCUT2D eigenvalue weighted by atomic mass is 16.4. The van der Waals surface area contributed by atoms with Gasteiger partial charge in [0.05, 0.1) is 0 Å². The van der Waals surface area contributed by atoms with Crippen LogP contribution in [0.2, 0.25) is 0 Å². The molecule has 4 N–H and O–H groups in total. The molecular formula is C20H43NO3. The summed E-state index contributed by atoms with van der Waals surface area (Å²) >= 11 is 0. The van der Waals surface area contributed by atoms with Gasteiger partial charge in [0, 0.05) is 6.42 Å². The summed E-state index contributed by atoms with van der Waals surface area (Å²) < 4.78 is 0. The van der Waals surface area contributed by atoms with Gasteiger partial charge < -0.3 is 15.9 Å². The molecule has 0 spiro atoms. The molecule has 0 aliphatic carbocycles. The summed E-state index contributed by atoms with van der Waals surface area (Å²) in [4.78, 5) is 10.3. The van der Waals surface area contributed by atoms with Gasteiger partial charge in [-0.15, -0.1) is 0 Å². The van der Waals surface area contributed by atoms with Crippen LogP contribution >= 0.6 is 0 Å². The number of aliphatic carboxylic acids is 1. The van der Waals surface area contributed by atoms with Crippen molar-refractivity contribution < 1.29 is 15.0 Å². The average Bonchev–Trinajstić information content (AvgIpc) is 2.52. The number of hydrogen-bond acceptors (Lipinski definition) is 3. The number of aliphatic hydroxyl groups excluding tert-OH is 1. The van der Waals surface area contributed by atoms with E-state index in [2.05, 4.69) is 6.92 Å². The van der Waals surface area contributed by atoms with E-state index in [0.717, 1.165) is 19.3 Å². The van der Waals surface area contributed by atoms with Crippen LogP contribution in [0.3, 0.4) is 0 Å². The van der Waals surface area contributed by atoms with Crippen molar-refractivity contribution in [3.05, 3.63) is 0 Å². The highest BCUT2D eigenvalue weighted by Gasteiger charge is 1.96. The molecule has 24 heavy (non-hydrogen) atoms. The fourth-order valence-electron chi connectivity index (χ4n) is 2.59. The zero-order valence-corrected chi connectivity index (χ0v) is 16.3. The Labute approximate surface area is 150 Å². The Balaban J connectivity index is 0. The summed E-state index contributed by atoms with van der Waals surface area (Å²) in [5, 5.41) is 16.8. The molecule has 0 amide bonds. The van der Waals surface area contributed by atoms with E-state index in [1.807, 2.05) is 6.92 Å². The molecule has 4 heteroatoms. The lowest BCUT2D eigenvalue weighted by molar-refractivity contribution is -0.137. The quantitative estimate of drug-likeness (QED) is 0.250. The predicted molar refractivity (Wildman–Crippen MR) is 103 cm³/mol. The Morgan fingerprint density at radius 2 is 1.12 bits per heavy atom. The maximum atomic E-state index is 10.3. The minimum atomic E-state index is -0.655. The number of unbranched alkanes of at least 4 members (excludes halogenated alkanes) is 12. The molecule has 1 atom stereocenters. The summed E-state index contributed by atoms with van der Waals surface area (Å²) in [5.41, 5.74) is 4.96. The Morgan fingerprint density at radius 1 is 0.750 bits per heavy atom. The van der Waals surface area contributed by atoms with Crippen molar-refractivity contribution in [1.29, 1.82) is 0 Å². The third-order valence-electron chi connectivity index (χ3n) is 4.08. The van der Waals surface area contributed by atoms with Gasteiger partial charge in [0.25, 0.3) is 0 Å². The van der Waals surface area contributed by atoms with Crippen LogP contribution < -0.4 is 5.73 Å². The fraction of sp³-hybridized carbons (Fsp3) is 0.950. The van der Waals surface area contributed by atoms with Crippen LogP contribution in [0.25, 0.3) is 0 Å². The molecule has 4 nitrogen and oxygen atoms in total. The van der Waals surface area contributed by atoms with Crippen LogP contribution in [-0.4, -0.2) is 22.4 Å². The average molecular weight is 346 g/mol. The van der Waals surface area contributed by atoms with E-state index < -0.39 is 12.2 Å². The van der Waals surface area contributed by atoms with Crippen molar-refractivity contribution in [2.45, 2.75) is 123 Å². The number of carbonyl (C=O) groups is 1. The number of hydrogen-bond donors (Lipinski definition) is 3. The molecule has 0 aliphatic rings. The lowest BCUT2D eigenvalue weighted by Gasteiger charge is -2.02. The monoisotopic (exact) mass is 345 g/mol. The smallest absolute Gasteiger partial charge is 0.303 e. The van der Waals surface area contributed by atoms with Crippen LogP contribution in [-0.2, 0) is 4.79 Å². The first-order valence-corrected chi connectivity index (χ1v) is 10.2. The van der Waals surface area contributed by atoms with E-state index in [-0.39, 0.29) is 0 Å². The SMILES string of the molecule is CCCC(N)O.CCCCCCCCCCCCCCCC(=O)O. The number of rotatable bonds is 16. The molecule has 0 aromatic rings. The van der Waals surface area contributed by atoms with Crippen molar-refractivity contribution >= 4 is 5.97 Å². The van der Waals surface area contributed by atoms with E-state index in [4.69, 9.17) is 15.9 Å². The molecule has 0 rings (SSSR count). The molecule has 0 aromatic heterocycles. The van der Waals surface area contributed by atoms with Gasteiger partial charge in [-0.1, -0.05) is 97.3 Å². The Hall–Kier alpha value is -0.610.